The van der Waals surface area contributed by atoms with Gasteiger partial charge in [-0.3, -0.25) is 0 Å². The highest BCUT2D eigenvalue weighted by atomic mass is 35.5. The van der Waals surface area contributed by atoms with Crippen LogP contribution in [0.25, 0.3) is 0 Å². The molecular weight excluding hydrogens is 380 g/mol. The van der Waals surface area contributed by atoms with Crippen LogP contribution in [0.3, 0.4) is 0 Å². The molecule has 0 aromatic carbocycles. The second-order valence-corrected chi connectivity index (χ2v) is 7.00. The van der Waals surface area contributed by atoms with Crippen molar-refractivity contribution in [2.24, 2.45) is 5.92 Å². The van der Waals surface area contributed by atoms with Crippen molar-refractivity contribution in [3.63, 3.8) is 0 Å². The van der Waals surface area contributed by atoms with Crippen molar-refractivity contribution >= 4 is 23.2 Å². The Morgan fingerprint density at radius 2 is 1.96 bits per heavy atom. The van der Waals surface area contributed by atoms with Crippen molar-refractivity contribution in [3.05, 3.63) is 0 Å². The van der Waals surface area contributed by atoms with E-state index in [2.05, 4.69) is 22.0 Å². The largest absolute Gasteiger partial charge is 0.364 e. The lowest BCUT2D eigenvalue weighted by atomic mass is 9.79. The molecular formula is C16H19Cl2F3N2O2. The number of halogens is 5. The van der Waals surface area contributed by atoms with Gasteiger partial charge in [0.05, 0.1) is 23.4 Å². The molecule has 7 unspecified atom stereocenters. The van der Waals surface area contributed by atoms with Gasteiger partial charge in [-0.05, 0) is 12.8 Å². The Hall–Kier alpha value is -0.670. The molecule has 0 aromatic heterocycles. The van der Waals surface area contributed by atoms with Crippen molar-refractivity contribution in [2.75, 3.05) is 13.2 Å². The van der Waals surface area contributed by atoms with Gasteiger partial charge >= 0.3 is 6.61 Å². The Kier molecular flexibility index (Phi) is 7.69. The predicted molar refractivity (Wildman–Crippen MR) is 88.8 cm³/mol. The zero-order valence-electron chi connectivity index (χ0n) is 13.3. The van der Waals surface area contributed by atoms with E-state index in [1.54, 1.807) is 0 Å². The molecule has 4 nitrogen and oxygen atoms in total. The van der Waals surface area contributed by atoms with Crippen molar-refractivity contribution in [1.82, 2.24) is 10.4 Å². The van der Waals surface area contributed by atoms with Crippen LogP contribution in [0.15, 0.2) is 0 Å². The van der Waals surface area contributed by atoms with E-state index in [4.69, 9.17) is 40.8 Å². The summed E-state index contributed by atoms with van der Waals surface area (Å²) in [4.78, 5) is 0. The first kappa shape index (κ1) is 20.6. The standard InChI is InChI=1S/C16H19Cl2F3N2O2/c1-3-5-23-15(25-16(20)21)13(18)14(22-23)9-7-12(24-6-4-2)10(17)8-11(9)19/h1-2,9-16,22H,5-8H2. The quantitative estimate of drug-likeness (QED) is 0.550. The fourth-order valence-corrected chi connectivity index (χ4v) is 4.09. The average Bonchev–Trinajstić information content (AvgIpc) is 2.83. The van der Waals surface area contributed by atoms with Gasteiger partial charge in [-0.25, -0.2) is 14.8 Å². The minimum absolute atomic E-state index is 0.0179. The van der Waals surface area contributed by atoms with E-state index in [1.807, 2.05) is 0 Å². The fourth-order valence-electron chi connectivity index (χ4n) is 3.31. The number of ether oxygens (including phenoxy) is 2. The number of nitrogens with one attached hydrogen (secondary N) is 1. The molecule has 0 aromatic rings. The summed E-state index contributed by atoms with van der Waals surface area (Å²) in [6.07, 6.45) is 7.83. The van der Waals surface area contributed by atoms with E-state index >= 15 is 0 Å². The van der Waals surface area contributed by atoms with Gasteiger partial charge in [0.25, 0.3) is 0 Å². The Bertz CT molecular complexity index is 528. The summed E-state index contributed by atoms with van der Waals surface area (Å²) in [7, 11) is 0. The van der Waals surface area contributed by atoms with Crippen LogP contribution >= 0.6 is 23.2 Å². The van der Waals surface area contributed by atoms with Crippen molar-refractivity contribution in [3.8, 4) is 24.7 Å². The van der Waals surface area contributed by atoms with E-state index in [-0.39, 0.29) is 26.0 Å². The molecule has 140 valence electrons. The van der Waals surface area contributed by atoms with Crippen LogP contribution in [0.4, 0.5) is 13.2 Å². The maximum absolute atomic E-state index is 14.6. The molecule has 9 heteroatoms. The number of alkyl halides is 5. The van der Waals surface area contributed by atoms with Gasteiger partial charge in [0, 0.05) is 12.0 Å². The Balaban J connectivity index is 2.12. The number of nitrogens with zero attached hydrogens (tertiary/aromatic N) is 1. The number of rotatable bonds is 6. The van der Waals surface area contributed by atoms with Gasteiger partial charge < -0.3 is 9.47 Å². The summed E-state index contributed by atoms with van der Waals surface area (Å²) >= 11 is 12.5. The average molecular weight is 399 g/mol. The molecule has 2 fully saturated rings. The molecule has 1 saturated carbocycles. The Morgan fingerprint density at radius 1 is 1.24 bits per heavy atom. The molecule has 0 spiro atoms. The lowest BCUT2D eigenvalue weighted by molar-refractivity contribution is -0.196. The second-order valence-electron chi connectivity index (χ2n) is 5.94. The third-order valence-electron chi connectivity index (χ3n) is 4.41. The number of hydrogen-bond donors (Lipinski definition) is 1. The van der Waals surface area contributed by atoms with Crippen LogP contribution in [0.2, 0.25) is 0 Å². The monoisotopic (exact) mass is 398 g/mol. The van der Waals surface area contributed by atoms with Crippen LogP contribution in [0.1, 0.15) is 12.8 Å². The summed E-state index contributed by atoms with van der Waals surface area (Å²) in [5.74, 6) is 4.07. The first-order chi connectivity index (χ1) is 11.9. The summed E-state index contributed by atoms with van der Waals surface area (Å²) < 4.78 is 49.9. The third kappa shape index (κ3) is 4.95. The van der Waals surface area contributed by atoms with Crippen LogP contribution in [-0.2, 0) is 9.47 Å². The number of hydrazine groups is 1. The molecule has 0 bridgehead atoms. The minimum atomic E-state index is -3.03. The van der Waals surface area contributed by atoms with Crippen LogP contribution in [0.5, 0.6) is 0 Å². The van der Waals surface area contributed by atoms with E-state index in [1.165, 1.54) is 5.01 Å². The van der Waals surface area contributed by atoms with Crippen molar-refractivity contribution in [2.45, 2.75) is 54.8 Å². The lowest BCUT2D eigenvalue weighted by Gasteiger charge is -2.38. The Morgan fingerprint density at radius 3 is 2.56 bits per heavy atom. The maximum Gasteiger partial charge on any atom is 0.346 e. The van der Waals surface area contributed by atoms with Crippen molar-refractivity contribution in [1.29, 1.82) is 0 Å². The minimum Gasteiger partial charge on any atom is -0.364 e. The van der Waals surface area contributed by atoms with Crippen LogP contribution in [0, 0.1) is 30.6 Å². The smallest absolute Gasteiger partial charge is 0.346 e. The lowest BCUT2D eigenvalue weighted by Crippen LogP contribution is -2.50. The summed E-state index contributed by atoms with van der Waals surface area (Å²) in [6.45, 7) is -2.99. The molecule has 1 aliphatic carbocycles. The molecule has 1 heterocycles. The van der Waals surface area contributed by atoms with Crippen molar-refractivity contribution < 1.29 is 22.6 Å². The van der Waals surface area contributed by atoms with E-state index in [0.29, 0.717) is 0 Å². The van der Waals surface area contributed by atoms with Gasteiger partial charge in [-0.1, -0.05) is 11.8 Å². The topological polar surface area (TPSA) is 33.7 Å². The summed E-state index contributed by atoms with van der Waals surface area (Å²) in [5.41, 5.74) is 2.91. The molecule has 0 radical (unpaired) electrons. The van der Waals surface area contributed by atoms with Crippen LogP contribution in [-0.4, -0.2) is 60.1 Å². The molecule has 2 aliphatic rings. The van der Waals surface area contributed by atoms with Crippen LogP contribution < -0.4 is 5.43 Å². The summed E-state index contributed by atoms with van der Waals surface area (Å²) in [5, 5.41) is -0.166. The molecule has 7 atom stereocenters. The highest BCUT2D eigenvalue weighted by Crippen LogP contribution is 2.39. The maximum atomic E-state index is 14.6. The van der Waals surface area contributed by atoms with E-state index < -0.39 is 47.8 Å². The van der Waals surface area contributed by atoms with E-state index in [0.717, 1.165) is 0 Å². The first-order valence-corrected chi connectivity index (χ1v) is 8.63. The number of hydrogen-bond acceptors (Lipinski definition) is 4. The van der Waals surface area contributed by atoms with Gasteiger partial charge in [0.2, 0.25) is 0 Å². The second kappa shape index (κ2) is 9.32. The highest BCUT2D eigenvalue weighted by molar-refractivity contribution is 6.22. The summed E-state index contributed by atoms with van der Waals surface area (Å²) in [6, 6.07) is -0.658. The van der Waals surface area contributed by atoms with Gasteiger partial charge in [-0.2, -0.15) is 8.78 Å². The van der Waals surface area contributed by atoms with Gasteiger partial charge in [0.15, 0.2) is 0 Å². The normalized spacial score (nSPS) is 39.3. The zero-order valence-corrected chi connectivity index (χ0v) is 14.8. The molecule has 1 saturated heterocycles. The molecule has 2 rings (SSSR count). The SMILES string of the molecule is C#CCOC1CC(C2NN(CC#C)C(OC(F)F)C2Cl)C(F)CC1Cl. The first-order valence-electron chi connectivity index (χ1n) is 7.76. The molecule has 0 amide bonds. The molecule has 1 N–H and O–H groups in total. The Labute approximate surface area is 155 Å². The van der Waals surface area contributed by atoms with Gasteiger partial charge in [0.1, 0.15) is 19.0 Å². The fraction of sp³-hybridized carbons (Fsp3) is 0.750. The highest BCUT2D eigenvalue weighted by Gasteiger charge is 2.50. The third-order valence-corrected chi connectivity index (χ3v) is 5.35. The van der Waals surface area contributed by atoms with E-state index in [9.17, 15) is 13.2 Å². The predicted octanol–water partition coefficient (Wildman–Crippen LogP) is 2.36. The van der Waals surface area contributed by atoms with Gasteiger partial charge in [-0.15, -0.1) is 36.0 Å². The molecule has 25 heavy (non-hydrogen) atoms. The zero-order chi connectivity index (χ0) is 18.6. The number of terminal acetylenes is 2. The molecule has 1 aliphatic heterocycles.